The zero-order valence-corrected chi connectivity index (χ0v) is 13.2. The molecular weight excluding hydrogens is 236 g/mol. The van der Waals surface area contributed by atoms with Crippen molar-refractivity contribution >= 4 is 11.6 Å². The lowest BCUT2D eigenvalue weighted by Gasteiger charge is -2.02. The third kappa shape index (κ3) is 7.55. The number of carbonyl (C=O) groups excluding carboxylic acids is 2. The molecule has 19 heavy (non-hydrogen) atoms. The summed E-state index contributed by atoms with van der Waals surface area (Å²) < 4.78 is 0. The normalized spacial score (nSPS) is 8.53. The van der Waals surface area contributed by atoms with Crippen LogP contribution in [0, 0.1) is 0 Å². The van der Waals surface area contributed by atoms with Crippen LogP contribution in [0.3, 0.4) is 0 Å². The van der Waals surface area contributed by atoms with E-state index in [0.717, 1.165) is 6.42 Å². The quantitative estimate of drug-likeness (QED) is 0.675. The number of hydrogen-bond donors (Lipinski definition) is 0. The van der Waals surface area contributed by atoms with E-state index >= 15 is 0 Å². The molecule has 0 aromatic heterocycles. The van der Waals surface area contributed by atoms with Crippen molar-refractivity contribution in [1.29, 1.82) is 0 Å². The Bertz CT molecular complexity index is 367. The average Bonchev–Trinajstić information content (AvgIpc) is 2.51. The Labute approximate surface area is 118 Å². The average molecular weight is 264 g/mol. The molecule has 108 valence electrons. The molecule has 0 radical (unpaired) electrons. The van der Waals surface area contributed by atoms with Crippen molar-refractivity contribution in [3.8, 4) is 0 Å². The highest BCUT2D eigenvalue weighted by molar-refractivity contribution is 6.01. The van der Waals surface area contributed by atoms with E-state index in [1.54, 1.807) is 24.3 Å². The summed E-state index contributed by atoms with van der Waals surface area (Å²) in [7, 11) is 0. The zero-order chi connectivity index (χ0) is 15.3. The molecule has 0 heterocycles. The SMILES string of the molecule is CC.CC.CCCC(=O)c1cccc(C(=O)CC)c1. The summed E-state index contributed by atoms with van der Waals surface area (Å²) in [5, 5.41) is 0. The van der Waals surface area contributed by atoms with Crippen LogP contribution in [-0.4, -0.2) is 11.6 Å². The van der Waals surface area contributed by atoms with E-state index in [4.69, 9.17) is 0 Å². The second-order valence-electron chi connectivity index (χ2n) is 3.53. The molecule has 2 heteroatoms. The fourth-order valence-corrected chi connectivity index (χ4v) is 1.44. The number of benzene rings is 1. The first-order chi connectivity index (χ1) is 9.19. The summed E-state index contributed by atoms with van der Waals surface area (Å²) >= 11 is 0. The van der Waals surface area contributed by atoms with Crippen LogP contribution in [0.5, 0.6) is 0 Å². The van der Waals surface area contributed by atoms with E-state index < -0.39 is 0 Å². The Hall–Kier alpha value is -1.44. The van der Waals surface area contributed by atoms with Crippen molar-refractivity contribution in [2.24, 2.45) is 0 Å². The minimum Gasteiger partial charge on any atom is -0.294 e. The van der Waals surface area contributed by atoms with E-state index in [0.29, 0.717) is 24.0 Å². The second kappa shape index (κ2) is 13.0. The molecule has 0 aliphatic carbocycles. The summed E-state index contributed by atoms with van der Waals surface area (Å²) in [6.07, 6.45) is 1.86. The molecule has 0 fully saturated rings. The van der Waals surface area contributed by atoms with E-state index in [2.05, 4.69) is 0 Å². The highest BCUT2D eigenvalue weighted by Crippen LogP contribution is 2.10. The lowest BCUT2D eigenvalue weighted by Crippen LogP contribution is -2.02. The molecule has 0 bridgehead atoms. The smallest absolute Gasteiger partial charge is 0.162 e. The molecule has 0 aliphatic heterocycles. The van der Waals surface area contributed by atoms with Crippen LogP contribution >= 0.6 is 0 Å². The Morgan fingerprint density at radius 3 is 1.79 bits per heavy atom. The third-order valence-electron chi connectivity index (χ3n) is 2.30. The van der Waals surface area contributed by atoms with Crippen LogP contribution in [0.1, 0.15) is 81.5 Å². The third-order valence-corrected chi connectivity index (χ3v) is 2.30. The molecule has 2 nitrogen and oxygen atoms in total. The molecule has 0 N–H and O–H groups in total. The van der Waals surface area contributed by atoms with E-state index in [1.807, 2.05) is 41.5 Å². The number of rotatable bonds is 5. The Balaban J connectivity index is 0. The number of hydrogen-bond acceptors (Lipinski definition) is 2. The standard InChI is InChI=1S/C13H16O2.2C2H6/c1-3-6-13(15)11-8-5-7-10(9-11)12(14)4-2;2*1-2/h5,7-9H,3-4,6H2,1-2H3;2*1-2H3. The van der Waals surface area contributed by atoms with Crippen LogP contribution in [0.15, 0.2) is 24.3 Å². The first kappa shape index (κ1) is 19.9. The van der Waals surface area contributed by atoms with Crippen LogP contribution in [0.25, 0.3) is 0 Å². The van der Waals surface area contributed by atoms with E-state index in [1.165, 1.54) is 0 Å². The number of ketones is 2. The predicted octanol–water partition coefficient (Wildman–Crippen LogP) is 5.31. The van der Waals surface area contributed by atoms with Gasteiger partial charge in [0.1, 0.15) is 0 Å². The van der Waals surface area contributed by atoms with Crippen molar-refractivity contribution in [2.45, 2.75) is 60.8 Å². The van der Waals surface area contributed by atoms with Gasteiger partial charge in [-0.25, -0.2) is 0 Å². The van der Waals surface area contributed by atoms with Gasteiger partial charge < -0.3 is 0 Å². The predicted molar refractivity (Wildman–Crippen MR) is 83.0 cm³/mol. The van der Waals surface area contributed by atoms with Gasteiger partial charge in [-0.2, -0.15) is 0 Å². The van der Waals surface area contributed by atoms with E-state index in [-0.39, 0.29) is 11.6 Å². The topological polar surface area (TPSA) is 34.1 Å². The molecular formula is C17H28O2. The summed E-state index contributed by atoms with van der Waals surface area (Å²) in [6.45, 7) is 11.8. The molecule has 0 amide bonds. The van der Waals surface area contributed by atoms with Crippen molar-refractivity contribution < 1.29 is 9.59 Å². The summed E-state index contributed by atoms with van der Waals surface area (Å²) in [5.74, 6) is 0.199. The van der Waals surface area contributed by atoms with Gasteiger partial charge in [0, 0.05) is 24.0 Å². The summed E-state index contributed by atoms with van der Waals surface area (Å²) in [6, 6.07) is 6.99. The fourth-order valence-electron chi connectivity index (χ4n) is 1.44. The molecule has 0 aliphatic rings. The Kier molecular flexibility index (Phi) is 13.6. The summed E-state index contributed by atoms with van der Waals surface area (Å²) in [5.41, 5.74) is 1.29. The maximum absolute atomic E-state index is 11.6. The van der Waals surface area contributed by atoms with Gasteiger partial charge in [-0.1, -0.05) is 59.7 Å². The largest absolute Gasteiger partial charge is 0.294 e. The Morgan fingerprint density at radius 1 is 0.895 bits per heavy atom. The number of Topliss-reactive ketones (excluding diaryl/α,β-unsaturated/α-hetero) is 2. The Morgan fingerprint density at radius 2 is 1.37 bits per heavy atom. The maximum atomic E-state index is 11.6. The van der Waals surface area contributed by atoms with Crippen molar-refractivity contribution in [1.82, 2.24) is 0 Å². The van der Waals surface area contributed by atoms with Gasteiger partial charge in [0.2, 0.25) is 0 Å². The maximum Gasteiger partial charge on any atom is 0.162 e. The molecule has 1 aromatic rings. The highest BCUT2D eigenvalue weighted by Gasteiger charge is 2.08. The van der Waals surface area contributed by atoms with Gasteiger partial charge in [0.05, 0.1) is 0 Å². The van der Waals surface area contributed by atoms with Crippen LogP contribution < -0.4 is 0 Å². The van der Waals surface area contributed by atoms with Crippen molar-refractivity contribution in [3.05, 3.63) is 35.4 Å². The van der Waals surface area contributed by atoms with Crippen molar-refractivity contribution in [3.63, 3.8) is 0 Å². The first-order valence-corrected chi connectivity index (χ1v) is 7.35. The van der Waals surface area contributed by atoms with Crippen LogP contribution in [0.4, 0.5) is 0 Å². The van der Waals surface area contributed by atoms with Crippen molar-refractivity contribution in [2.75, 3.05) is 0 Å². The van der Waals surface area contributed by atoms with E-state index in [9.17, 15) is 9.59 Å². The molecule has 0 unspecified atom stereocenters. The van der Waals surface area contributed by atoms with Crippen LogP contribution in [-0.2, 0) is 0 Å². The molecule has 0 saturated heterocycles. The van der Waals surface area contributed by atoms with Gasteiger partial charge in [-0.3, -0.25) is 9.59 Å². The van der Waals surface area contributed by atoms with Crippen LogP contribution in [0.2, 0.25) is 0 Å². The minimum atomic E-state index is 0.0844. The van der Waals surface area contributed by atoms with Gasteiger partial charge in [0.15, 0.2) is 11.6 Å². The van der Waals surface area contributed by atoms with Gasteiger partial charge in [-0.15, -0.1) is 0 Å². The molecule has 0 spiro atoms. The van der Waals surface area contributed by atoms with Gasteiger partial charge in [0.25, 0.3) is 0 Å². The lowest BCUT2D eigenvalue weighted by molar-refractivity contribution is 0.0981. The lowest BCUT2D eigenvalue weighted by atomic mass is 10.0. The second-order valence-corrected chi connectivity index (χ2v) is 3.53. The minimum absolute atomic E-state index is 0.0844. The highest BCUT2D eigenvalue weighted by atomic mass is 16.1. The molecule has 0 atom stereocenters. The molecule has 1 rings (SSSR count). The monoisotopic (exact) mass is 264 g/mol. The zero-order valence-electron chi connectivity index (χ0n) is 13.2. The molecule has 0 saturated carbocycles. The molecule has 1 aromatic carbocycles. The number of carbonyl (C=O) groups is 2. The van der Waals surface area contributed by atoms with Gasteiger partial charge >= 0.3 is 0 Å². The summed E-state index contributed by atoms with van der Waals surface area (Å²) in [4.78, 5) is 23.0. The fraction of sp³-hybridized carbons (Fsp3) is 0.529. The first-order valence-electron chi connectivity index (χ1n) is 7.35. The van der Waals surface area contributed by atoms with Gasteiger partial charge in [-0.05, 0) is 12.5 Å².